The summed E-state index contributed by atoms with van der Waals surface area (Å²) in [4.78, 5) is 0. The molecule has 1 aromatic carbocycles. The third-order valence-corrected chi connectivity index (χ3v) is 4.11. The van der Waals surface area contributed by atoms with Gasteiger partial charge in [0.15, 0.2) is 0 Å². The Kier molecular flexibility index (Phi) is 9.54. The van der Waals surface area contributed by atoms with Crippen LogP contribution in [0.1, 0.15) is 38.3 Å². The van der Waals surface area contributed by atoms with Gasteiger partial charge in [-0.3, -0.25) is 0 Å². The van der Waals surface area contributed by atoms with Crippen LogP contribution in [0.4, 0.5) is 0 Å². The van der Waals surface area contributed by atoms with Gasteiger partial charge in [0.2, 0.25) is 0 Å². The molecule has 1 rings (SSSR count). The Labute approximate surface area is 127 Å². The van der Waals surface area contributed by atoms with E-state index in [9.17, 15) is 0 Å². The molecule has 3 nitrogen and oxygen atoms in total. The van der Waals surface area contributed by atoms with Gasteiger partial charge < -0.3 is 15.2 Å². The predicted molar refractivity (Wildman–Crippen MR) is 87.7 cm³/mol. The molecule has 0 saturated heterocycles. The molecule has 0 aliphatic carbocycles. The van der Waals surface area contributed by atoms with Crippen molar-refractivity contribution in [2.45, 2.75) is 32.7 Å². The van der Waals surface area contributed by atoms with Gasteiger partial charge in [-0.2, -0.15) is 11.8 Å². The lowest BCUT2D eigenvalue weighted by atomic mass is 10.1. The summed E-state index contributed by atoms with van der Waals surface area (Å²) >= 11 is 1.89. The second-order valence-electron chi connectivity index (χ2n) is 4.66. The highest BCUT2D eigenvalue weighted by Crippen LogP contribution is 2.22. The van der Waals surface area contributed by atoms with Gasteiger partial charge in [0.1, 0.15) is 5.75 Å². The van der Waals surface area contributed by atoms with Crippen LogP contribution in [0.3, 0.4) is 0 Å². The largest absolute Gasteiger partial charge is 0.494 e. The van der Waals surface area contributed by atoms with E-state index in [0.717, 1.165) is 36.6 Å². The molecule has 0 bridgehead atoms. The van der Waals surface area contributed by atoms with Crippen LogP contribution in [0.5, 0.6) is 5.75 Å². The summed E-state index contributed by atoms with van der Waals surface area (Å²) in [6, 6.07) is 8.74. The molecule has 0 spiro atoms. The van der Waals surface area contributed by atoms with Crippen molar-refractivity contribution in [3.8, 4) is 5.75 Å². The summed E-state index contributed by atoms with van der Waals surface area (Å²) in [5, 5.41) is 12.4. The molecule has 0 heterocycles. The fourth-order valence-corrected chi connectivity index (χ4v) is 2.97. The summed E-state index contributed by atoms with van der Waals surface area (Å²) in [5.41, 5.74) is 1.30. The van der Waals surface area contributed by atoms with Gasteiger partial charge in [0.05, 0.1) is 6.61 Å². The zero-order chi connectivity index (χ0) is 14.6. The molecule has 0 aliphatic heterocycles. The van der Waals surface area contributed by atoms with E-state index in [0.29, 0.717) is 12.6 Å². The van der Waals surface area contributed by atoms with Gasteiger partial charge in [-0.1, -0.05) is 19.1 Å². The van der Waals surface area contributed by atoms with E-state index in [1.54, 1.807) is 0 Å². The number of hydrogen-bond acceptors (Lipinski definition) is 4. The molecule has 1 aromatic rings. The lowest BCUT2D eigenvalue weighted by Crippen LogP contribution is -2.24. The van der Waals surface area contributed by atoms with Crippen LogP contribution < -0.4 is 10.1 Å². The van der Waals surface area contributed by atoms with E-state index in [1.165, 1.54) is 5.56 Å². The summed E-state index contributed by atoms with van der Waals surface area (Å²) in [7, 11) is 0. The van der Waals surface area contributed by atoms with Crippen LogP contribution in [0.2, 0.25) is 0 Å². The van der Waals surface area contributed by atoms with E-state index >= 15 is 0 Å². The highest BCUT2D eigenvalue weighted by Gasteiger charge is 2.10. The second-order valence-corrected chi connectivity index (χ2v) is 5.81. The van der Waals surface area contributed by atoms with Gasteiger partial charge >= 0.3 is 0 Å². The van der Waals surface area contributed by atoms with Gasteiger partial charge in [-0.05, 0) is 49.8 Å². The minimum atomic E-state index is 0.281. The number of rotatable bonds is 11. The quantitative estimate of drug-likeness (QED) is 0.615. The molecule has 2 N–H and O–H groups in total. The Bertz CT molecular complexity index is 343. The van der Waals surface area contributed by atoms with Crippen LogP contribution in [0.15, 0.2) is 24.3 Å². The van der Waals surface area contributed by atoms with E-state index in [4.69, 9.17) is 9.84 Å². The SMILES string of the molecule is CCCNC(CSCCCO)c1ccc(OCC)cc1. The van der Waals surface area contributed by atoms with Crippen LogP contribution in [-0.2, 0) is 0 Å². The molecular weight excluding hydrogens is 270 g/mol. The average Bonchev–Trinajstić information content (AvgIpc) is 2.48. The second kappa shape index (κ2) is 11.0. The fourth-order valence-electron chi connectivity index (χ4n) is 1.92. The summed E-state index contributed by atoms with van der Waals surface area (Å²) in [6.07, 6.45) is 2.00. The van der Waals surface area contributed by atoms with Crippen molar-refractivity contribution in [1.82, 2.24) is 5.32 Å². The Balaban J connectivity index is 2.56. The zero-order valence-corrected chi connectivity index (χ0v) is 13.4. The van der Waals surface area contributed by atoms with Crippen LogP contribution in [0, 0.1) is 0 Å². The Morgan fingerprint density at radius 2 is 2.00 bits per heavy atom. The van der Waals surface area contributed by atoms with Crippen molar-refractivity contribution in [3.05, 3.63) is 29.8 Å². The first kappa shape index (κ1) is 17.3. The minimum Gasteiger partial charge on any atom is -0.494 e. The summed E-state index contributed by atoms with van der Waals surface area (Å²) in [5.74, 6) is 2.98. The molecule has 20 heavy (non-hydrogen) atoms. The topological polar surface area (TPSA) is 41.5 Å². The number of hydrogen-bond donors (Lipinski definition) is 2. The lowest BCUT2D eigenvalue weighted by molar-refractivity contribution is 0.296. The maximum atomic E-state index is 8.83. The first-order valence-electron chi connectivity index (χ1n) is 7.46. The molecule has 0 saturated carbocycles. The number of benzene rings is 1. The smallest absolute Gasteiger partial charge is 0.119 e. The maximum Gasteiger partial charge on any atom is 0.119 e. The van der Waals surface area contributed by atoms with E-state index in [2.05, 4.69) is 24.4 Å². The fraction of sp³-hybridized carbons (Fsp3) is 0.625. The Hall–Kier alpha value is -0.710. The predicted octanol–water partition coefficient (Wildman–Crippen LogP) is 3.24. The highest BCUT2D eigenvalue weighted by atomic mass is 32.2. The molecular formula is C16H27NO2S. The number of thioether (sulfide) groups is 1. The zero-order valence-electron chi connectivity index (χ0n) is 12.6. The number of aliphatic hydroxyl groups excluding tert-OH is 1. The third-order valence-electron chi connectivity index (χ3n) is 2.97. The number of ether oxygens (including phenoxy) is 1. The van der Waals surface area contributed by atoms with Gasteiger partial charge in [-0.15, -0.1) is 0 Å². The van der Waals surface area contributed by atoms with E-state index in [-0.39, 0.29) is 6.61 Å². The standard InChI is InChI=1S/C16H27NO2S/c1-3-10-17-16(13-20-12-5-11-18)14-6-8-15(9-7-14)19-4-2/h6-9,16-18H,3-5,10-13H2,1-2H3. The van der Waals surface area contributed by atoms with E-state index < -0.39 is 0 Å². The van der Waals surface area contributed by atoms with Crippen molar-refractivity contribution >= 4 is 11.8 Å². The molecule has 0 aliphatic rings. The van der Waals surface area contributed by atoms with Gasteiger partial charge in [-0.25, -0.2) is 0 Å². The van der Waals surface area contributed by atoms with Gasteiger partial charge in [0, 0.05) is 18.4 Å². The van der Waals surface area contributed by atoms with Crippen molar-refractivity contribution in [1.29, 1.82) is 0 Å². The third kappa shape index (κ3) is 6.64. The first-order chi connectivity index (χ1) is 9.81. The number of nitrogens with one attached hydrogen (secondary N) is 1. The van der Waals surface area contributed by atoms with Crippen molar-refractivity contribution < 1.29 is 9.84 Å². The van der Waals surface area contributed by atoms with Crippen LogP contribution >= 0.6 is 11.8 Å². The molecule has 0 fully saturated rings. The van der Waals surface area contributed by atoms with Crippen molar-refractivity contribution in [3.63, 3.8) is 0 Å². The first-order valence-corrected chi connectivity index (χ1v) is 8.62. The highest BCUT2D eigenvalue weighted by molar-refractivity contribution is 7.99. The molecule has 114 valence electrons. The Morgan fingerprint density at radius 1 is 1.25 bits per heavy atom. The lowest BCUT2D eigenvalue weighted by Gasteiger charge is -2.19. The molecule has 0 aromatic heterocycles. The minimum absolute atomic E-state index is 0.281. The van der Waals surface area contributed by atoms with Crippen LogP contribution in [-0.4, -0.2) is 36.4 Å². The summed E-state index contributed by atoms with van der Waals surface area (Å²) in [6.45, 7) is 6.19. The Morgan fingerprint density at radius 3 is 2.60 bits per heavy atom. The van der Waals surface area contributed by atoms with Gasteiger partial charge in [0.25, 0.3) is 0 Å². The molecule has 1 unspecified atom stereocenters. The summed E-state index contributed by atoms with van der Waals surface area (Å²) < 4.78 is 5.48. The average molecular weight is 297 g/mol. The molecule has 1 atom stereocenters. The molecule has 4 heteroatoms. The number of aliphatic hydroxyl groups is 1. The van der Waals surface area contributed by atoms with E-state index in [1.807, 2.05) is 30.8 Å². The van der Waals surface area contributed by atoms with Crippen LogP contribution in [0.25, 0.3) is 0 Å². The monoisotopic (exact) mass is 297 g/mol. The molecule has 0 amide bonds. The van der Waals surface area contributed by atoms with Crippen molar-refractivity contribution in [2.75, 3.05) is 31.3 Å². The maximum absolute atomic E-state index is 8.83. The van der Waals surface area contributed by atoms with Crippen molar-refractivity contribution in [2.24, 2.45) is 0 Å². The molecule has 0 radical (unpaired) electrons. The normalized spacial score (nSPS) is 12.3.